The summed E-state index contributed by atoms with van der Waals surface area (Å²) in [6, 6.07) is 9.89. The Morgan fingerprint density at radius 2 is 1.96 bits per heavy atom. The molecule has 0 bridgehead atoms. The smallest absolute Gasteiger partial charge is 0.271 e. The number of non-ortho nitro benzene ring substituents is 1. The molecule has 9 heteroatoms. The number of nitro groups is 1. The van der Waals surface area contributed by atoms with Crippen LogP contribution in [0.2, 0.25) is 0 Å². The molecule has 0 saturated carbocycles. The molecule has 0 aromatic heterocycles. The van der Waals surface area contributed by atoms with Crippen LogP contribution in [0.4, 0.5) is 11.4 Å². The molecule has 2 N–H and O–H groups in total. The number of amides is 1. The lowest BCUT2D eigenvalue weighted by molar-refractivity contribution is -0.385. The van der Waals surface area contributed by atoms with Gasteiger partial charge in [-0.1, -0.05) is 37.8 Å². The molecule has 0 spiro atoms. The van der Waals surface area contributed by atoms with Crippen LogP contribution in [-0.2, 0) is 0 Å². The molecule has 2 rings (SSSR count). The molecular weight excluding hydrogens is 370 g/mol. The number of anilines is 1. The van der Waals surface area contributed by atoms with E-state index >= 15 is 0 Å². The standard InChI is InChI=1S/C18H19N3O5S/c1-11(2)10-26-16-6-4-3-5-13(16)17(23)20-18(27)19-14-9-12(21(24)25)7-8-15(14)22/h3-9,11,22H,10H2,1-2H3,(H2,19,20,23,27)/p-1. The van der Waals surface area contributed by atoms with Crippen LogP contribution in [0.1, 0.15) is 24.2 Å². The maximum absolute atomic E-state index is 12.5. The van der Waals surface area contributed by atoms with Crippen LogP contribution in [0.3, 0.4) is 0 Å². The third-order valence-electron chi connectivity index (χ3n) is 3.35. The van der Waals surface area contributed by atoms with Crippen molar-refractivity contribution in [2.45, 2.75) is 13.8 Å². The summed E-state index contributed by atoms with van der Waals surface area (Å²) in [5.41, 5.74) is -0.0822. The van der Waals surface area contributed by atoms with Crippen molar-refractivity contribution in [1.29, 1.82) is 0 Å². The number of nitrogens with one attached hydrogen (secondary N) is 2. The van der Waals surface area contributed by atoms with E-state index in [1.54, 1.807) is 24.3 Å². The third kappa shape index (κ3) is 5.65. The Morgan fingerprint density at radius 1 is 1.26 bits per heavy atom. The van der Waals surface area contributed by atoms with Gasteiger partial charge in [0.25, 0.3) is 11.6 Å². The van der Waals surface area contributed by atoms with Gasteiger partial charge in [0, 0.05) is 17.8 Å². The molecule has 0 radical (unpaired) electrons. The second kappa shape index (κ2) is 8.95. The van der Waals surface area contributed by atoms with Gasteiger partial charge >= 0.3 is 0 Å². The molecule has 142 valence electrons. The number of carbonyl (C=O) groups is 1. The van der Waals surface area contributed by atoms with Gasteiger partial charge in [-0.2, -0.15) is 0 Å². The van der Waals surface area contributed by atoms with Crippen LogP contribution in [-0.4, -0.2) is 22.5 Å². The highest BCUT2D eigenvalue weighted by Gasteiger charge is 2.15. The maximum atomic E-state index is 12.5. The molecule has 27 heavy (non-hydrogen) atoms. The van der Waals surface area contributed by atoms with E-state index in [9.17, 15) is 20.0 Å². The van der Waals surface area contributed by atoms with Gasteiger partial charge in [-0.3, -0.25) is 20.2 Å². The van der Waals surface area contributed by atoms with Gasteiger partial charge in [0.1, 0.15) is 5.75 Å². The molecule has 2 aromatic rings. The zero-order valence-electron chi connectivity index (χ0n) is 14.7. The van der Waals surface area contributed by atoms with E-state index in [2.05, 4.69) is 10.6 Å². The van der Waals surface area contributed by atoms with Crippen molar-refractivity contribution in [3.63, 3.8) is 0 Å². The number of hydrogen-bond donors (Lipinski definition) is 2. The number of para-hydroxylation sites is 1. The molecule has 0 atom stereocenters. The lowest BCUT2D eigenvalue weighted by Crippen LogP contribution is -2.34. The number of thiocarbonyl (C=S) groups is 1. The number of hydrogen-bond acceptors (Lipinski definition) is 6. The van der Waals surface area contributed by atoms with Gasteiger partial charge in [0.15, 0.2) is 5.11 Å². The minimum Gasteiger partial charge on any atom is -0.871 e. The van der Waals surface area contributed by atoms with Crippen molar-refractivity contribution in [2.24, 2.45) is 5.92 Å². The lowest BCUT2D eigenvalue weighted by Gasteiger charge is -2.17. The predicted octanol–water partition coefficient (Wildman–Crippen LogP) is 2.83. The lowest BCUT2D eigenvalue weighted by atomic mass is 10.2. The van der Waals surface area contributed by atoms with E-state index in [-0.39, 0.29) is 28.0 Å². The molecule has 0 aliphatic carbocycles. The van der Waals surface area contributed by atoms with Crippen molar-refractivity contribution in [3.8, 4) is 11.5 Å². The average molecular weight is 388 g/mol. The van der Waals surface area contributed by atoms with Crippen LogP contribution >= 0.6 is 12.2 Å². The fourth-order valence-electron chi connectivity index (χ4n) is 2.09. The summed E-state index contributed by atoms with van der Waals surface area (Å²) in [6.07, 6.45) is 0. The van der Waals surface area contributed by atoms with E-state index in [1.165, 1.54) is 0 Å². The summed E-state index contributed by atoms with van der Waals surface area (Å²) in [5.74, 6) is -0.317. The first-order valence-corrected chi connectivity index (χ1v) is 8.48. The Balaban J connectivity index is 2.10. The predicted molar refractivity (Wildman–Crippen MR) is 103 cm³/mol. The molecule has 1 amide bonds. The number of benzene rings is 2. The zero-order chi connectivity index (χ0) is 20.0. The Bertz CT molecular complexity index is 870. The Hall–Kier alpha value is -3.20. The first-order valence-electron chi connectivity index (χ1n) is 8.07. The van der Waals surface area contributed by atoms with E-state index in [0.717, 1.165) is 18.2 Å². The highest BCUT2D eigenvalue weighted by Crippen LogP contribution is 2.25. The quantitative estimate of drug-likeness (QED) is 0.444. The van der Waals surface area contributed by atoms with Gasteiger partial charge in [0.2, 0.25) is 0 Å². The number of carbonyl (C=O) groups excluding carboxylic acids is 1. The summed E-state index contributed by atoms with van der Waals surface area (Å²) in [7, 11) is 0. The fourth-order valence-corrected chi connectivity index (χ4v) is 2.29. The molecule has 2 aromatic carbocycles. The first-order chi connectivity index (χ1) is 12.8. The normalized spacial score (nSPS) is 10.3. The maximum Gasteiger partial charge on any atom is 0.271 e. The summed E-state index contributed by atoms with van der Waals surface area (Å²) >= 11 is 5.04. The van der Waals surface area contributed by atoms with Crippen molar-refractivity contribution in [3.05, 3.63) is 58.1 Å². The van der Waals surface area contributed by atoms with Crippen LogP contribution in [0, 0.1) is 16.0 Å². The third-order valence-corrected chi connectivity index (χ3v) is 3.56. The number of rotatable bonds is 6. The van der Waals surface area contributed by atoms with Crippen LogP contribution in [0.5, 0.6) is 11.5 Å². The second-order valence-electron chi connectivity index (χ2n) is 6.05. The summed E-state index contributed by atoms with van der Waals surface area (Å²) in [4.78, 5) is 22.7. The minimum absolute atomic E-state index is 0.0983. The number of nitro benzene ring substituents is 1. The molecule has 0 aliphatic rings. The van der Waals surface area contributed by atoms with Crippen LogP contribution in [0.15, 0.2) is 42.5 Å². The average Bonchev–Trinajstić information content (AvgIpc) is 2.61. The molecule has 0 unspecified atom stereocenters. The van der Waals surface area contributed by atoms with Gasteiger partial charge in [-0.15, -0.1) is 0 Å². The Labute approximate surface area is 161 Å². The van der Waals surface area contributed by atoms with Crippen molar-refractivity contribution < 1.29 is 19.6 Å². The minimum atomic E-state index is -0.630. The van der Waals surface area contributed by atoms with Crippen molar-refractivity contribution >= 4 is 34.6 Å². The topological polar surface area (TPSA) is 117 Å². The van der Waals surface area contributed by atoms with Gasteiger partial charge < -0.3 is 15.2 Å². The highest BCUT2D eigenvalue weighted by atomic mass is 32.1. The fraction of sp³-hybridized carbons (Fsp3) is 0.222. The molecule has 0 fully saturated rings. The van der Waals surface area contributed by atoms with Gasteiger partial charge in [-0.05, 0) is 30.3 Å². The van der Waals surface area contributed by atoms with Gasteiger partial charge in [-0.25, -0.2) is 0 Å². The second-order valence-corrected chi connectivity index (χ2v) is 6.46. The molecule has 8 nitrogen and oxygen atoms in total. The number of ether oxygens (including phenoxy) is 1. The van der Waals surface area contributed by atoms with Crippen molar-refractivity contribution in [1.82, 2.24) is 5.32 Å². The first kappa shape index (κ1) is 20.1. The molecule has 0 saturated heterocycles. The van der Waals surface area contributed by atoms with Crippen LogP contribution < -0.4 is 20.5 Å². The molecule has 0 aliphatic heterocycles. The Morgan fingerprint density at radius 3 is 2.63 bits per heavy atom. The Kier molecular flexibility index (Phi) is 6.67. The van der Waals surface area contributed by atoms with Crippen molar-refractivity contribution in [2.75, 3.05) is 11.9 Å². The van der Waals surface area contributed by atoms with Crippen LogP contribution in [0.25, 0.3) is 0 Å². The summed E-state index contributed by atoms with van der Waals surface area (Å²) in [6.45, 7) is 4.42. The van der Waals surface area contributed by atoms with E-state index in [0.29, 0.717) is 12.4 Å². The van der Waals surface area contributed by atoms with E-state index < -0.39 is 16.6 Å². The molecular formula is C18H18N3O5S-. The van der Waals surface area contributed by atoms with E-state index in [4.69, 9.17) is 17.0 Å². The number of nitrogens with zero attached hydrogens (tertiary/aromatic N) is 1. The largest absolute Gasteiger partial charge is 0.871 e. The molecule has 0 heterocycles. The highest BCUT2D eigenvalue weighted by molar-refractivity contribution is 7.80. The summed E-state index contributed by atoms with van der Waals surface area (Å²) < 4.78 is 5.63. The SMILES string of the molecule is CC(C)COc1ccccc1C(=O)NC(=S)Nc1cc([N+](=O)[O-])ccc1[O-]. The summed E-state index contributed by atoms with van der Waals surface area (Å²) in [5, 5.41) is 27.4. The van der Waals surface area contributed by atoms with Gasteiger partial charge in [0.05, 0.1) is 17.1 Å². The van der Waals surface area contributed by atoms with E-state index in [1.807, 2.05) is 13.8 Å². The zero-order valence-corrected chi connectivity index (χ0v) is 15.5. The monoisotopic (exact) mass is 388 g/mol.